The molecule has 0 aliphatic carbocycles. The van der Waals surface area contributed by atoms with E-state index in [4.69, 9.17) is 9.72 Å². The summed E-state index contributed by atoms with van der Waals surface area (Å²) in [5.74, 6) is 1.52. The average molecular weight is 687 g/mol. The third-order valence-corrected chi connectivity index (χ3v) is 10.2. The van der Waals surface area contributed by atoms with E-state index in [0.717, 1.165) is 99.5 Å². The molecule has 1 atom stereocenters. The van der Waals surface area contributed by atoms with Crippen LogP contribution in [-0.2, 0) is 4.74 Å². The summed E-state index contributed by atoms with van der Waals surface area (Å²) in [7, 11) is 0. The minimum Gasteiger partial charge on any atom is -0.381 e. The Kier molecular flexibility index (Phi) is 8.88. The topological polar surface area (TPSA) is 77.8 Å². The Morgan fingerprint density at radius 2 is 1.74 bits per heavy atom. The van der Waals surface area contributed by atoms with Crippen molar-refractivity contribution in [3.8, 4) is 11.1 Å². The number of aliphatic hydroxyl groups is 1. The van der Waals surface area contributed by atoms with Crippen LogP contribution in [0.4, 0.5) is 5.82 Å². The van der Waals surface area contributed by atoms with Crippen LogP contribution in [0.15, 0.2) is 42.7 Å². The van der Waals surface area contributed by atoms with Gasteiger partial charge < -0.3 is 24.6 Å². The Bertz CT molecular complexity index is 1340. The molecule has 8 nitrogen and oxygen atoms in total. The molecule has 3 aromatic rings. The van der Waals surface area contributed by atoms with Gasteiger partial charge in [-0.05, 0) is 95.2 Å². The van der Waals surface area contributed by atoms with Gasteiger partial charge in [0.1, 0.15) is 12.0 Å². The van der Waals surface area contributed by atoms with Gasteiger partial charge in [0.2, 0.25) is 0 Å². The number of hydrogen-bond donors (Lipinski definition) is 3. The maximum Gasteiger partial charge on any atom is 0.131 e. The maximum atomic E-state index is 11.7. The fourth-order valence-corrected chi connectivity index (χ4v) is 8.12. The van der Waals surface area contributed by atoms with Crippen LogP contribution in [0.1, 0.15) is 71.2 Å². The highest BCUT2D eigenvalue weighted by molar-refractivity contribution is 14.1. The van der Waals surface area contributed by atoms with Gasteiger partial charge in [-0.25, -0.2) is 8.10 Å². The monoisotopic (exact) mass is 686 g/mol. The molecule has 0 amide bonds. The number of fused-ring (bicyclic) bond motifs is 1. The molecular weight excluding hydrogens is 639 g/mol. The lowest BCUT2D eigenvalue weighted by molar-refractivity contribution is 0.0707. The second kappa shape index (κ2) is 12.3. The smallest absolute Gasteiger partial charge is 0.131 e. The van der Waals surface area contributed by atoms with E-state index in [0.29, 0.717) is 12.0 Å². The molecule has 42 heavy (non-hydrogen) atoms. The summed E-state index contributed by atoms with van der Waals surface area (Å²) in [4.78, 5) is 7.24. The van der Waals surface area contributed by atoms with Crippen molar-refractivity contribution in [2.24, 2.45) is 5.92 Å². The quantitative estimate of drug-likeness (QED) is 0.168. The van der Waals surface area contributed by atoms with Crippen molar-refractivity contribution < 1.29 is 9.84 Å². The number of piperidine rings is 1. The van der Waals surface area contributed by atoms with Crippen LogP contribution in [-0.4, -0.2) is 74.8 Å². The zero-order valence-electron chi connectivity index (χ0n) is 25.6. The number of piperazine rings is 1. The Morgan fingerprint density at radius 3 is 2.40 bits per heavy atom. The van der Waals surface area contributed by atoms with Gasteiger partial charge in [0, 0.05) is 120 Å². The van der Waals surface area contributed by atoms with Gasteiger partial charge >= 0.3 is 0 Å². The van der Waals surface area contributed by atoms with E-state index >= 15 is 0 Å². The van der Waals surface area contributed by atoms with Gasteiger partial charge in [-0.15, -0.1) is 0 Å². The summed E-state index contributed by atoms with van der Waals surface area (Å²) in [6.45, 7) is 15.6. The van der Waals surface area contributed by atoms with Crippen molar-refractivity contribution in [3.63, 3.8) is 0 Å². The molecule has 9 heteroatoms. The number of halogens is 1. The number of pyridine rings is 1. The van der Waals surface area contributed by atoms with Crippen LogP contribution in [0, 0.1) is 5.92 Å². The van der Waals surface area contributed by atoms with Crippen molar-refractivity contribution >= 4 is 39.6 Å². The Balaban J connectivity index is 1.29. The number of nitrogens with zero attached hydrogens (tertiary/aromatic N) is 4. The van der Waals surface area contributed by atoms with Crippen LogP contribution in [0.25, 0.3) is 22.0 Å². The first-order chi connectivity index (χ1) is 20.1. The summed E-state index contributed by atoms with van der Waals surface area (Å²) in [6.07, 6.45) is 7.62. The molecule has 6 rings (SSSR count). The molecular formula is C33H47IN6O2. The first-order valence-electron chi connectivity index (χ1n) is 15.6. The van der Waals surface area contributed by atoms with Gasteiger partial charge in [0.05, 0.1) is 0 Å². The standard InChI is InChI=1S/C33H47IN6O2/c1-32(2)19-23(20-33(3,4)37-32)21-36-31(41)28-17-25(18-29-27(28)7-10-40(29)26-8-15-42-16-9-26)24-5-6-30(35-22-24)38-11-13-39(34)14-12-38/h5-7,10,17-18,22-23,26,31,36-37,41H,8-9,11-16,19-21H2,1-4H3. The number of nitrogens with one attached hydrogen (secondary N) is 2. The molecule has 228 valence electrons. The summed E-state index contributed by atoms with van der Waals surface area (Å²) < 4.78 is 10.4. The summed E-state index contributed by atoms with van der Waals surface area (Å²) >= 11 is 2.40. The van der Waals surface area contributed by atoms with Crippen LogP contribution in [0.5, 0.6) is 0 Å². The highest BCUT2D eigenvalue weighted by atomic mass is 127. The largest absolute Gasteiger partial charge is 0.381 e. The third kappa shape index (κ3) is 6.81. The SMILES string of the molecule is CC1(C)CC(CNC(O)c2cc(-c3ccc(N4CCN(I)CC4)nc3)cc3c2ccn3C2CCOCC2)CC(C)(C)N1. The number of aliphatic hydroxyl groups excluding tert-OH is 1. The second-order valence-corrected chi connectivity index (χ2v) is 15.2. The minimum absolute atomic E-state index is 0.0794. The van der Waals surface area contributed by atoms with Gasteiger partial charge in [-0.1, -0.05) is 0 Å². The number of anilines is 1. The second-order valence-electron chi connectivity index (χ2n) is 13.8. The van der Waals surface area contributed by atoms with Gasteiger partial charge in [-0.3, -0.25) is 5.32 Å². The number of ether oxygens (including phenoxy) is 1. The van der Waals surface area contributed by atoms with Crippen LogP contribution in [0.2, 0.25) is 0 Å². The summed E-state index contributed by atoms with van der Waals surface area (Å²) in [5, 5.41) is 20.1. The van der Waals surface area contributed by atoms with Crippen LogP contribution < -0.4 is 15.5 Å². The molecule has 3 saturated heterocycles. The molecule has 3 fully saturated rings. The van der Waals surface area contributed by atoms with E-state index in [-0.39, 0.29) is 11.1 Å². The van der Waals surface area contributed by atoms with Gasteiger partial charge in [0.15, 0.2) is 0 Å². The highest BCUT2D eigenvalue weighted by Crippen LogP contribution is 2.36. The van der Waals surface area contributed by atoms with Crippen molar-refractivity contribution in [2.75, 3.05) is 50.8 Å². The van der Waals surface area contributed by atoms with Crippen molar-refractivity contribution in [1.29, 1.82) is 0 Å². The minimum atomic E-state index is -0.754. The van der Waals surface area contributed by atoms with Crippen molar-refractivity contribution in [3.05, 3.63) is 48.3 Å². The molecule has 1 unspecified atom stereocenters. The molecule has 1 aromatic carbocycles. The zero-order chi connectivity index (χ0) is 29.5. The zero-order valence-corrected chi connectivity index (χ0v) is 27.7. The predicted octanol–water partition coefficient (Wildman–Crippen LogP) is 5.66. The van der Waals surface area contributed by atoms with E-state index in [9.17, 15) is 5.11 Å². The lowest BCUT2D eigenvalue weighted by atomic mass is 9.76. The first-order valence-corrected chi connectivity index (χ1v) is 16.6. The van der Waals surface area contributed by atoms with Crippen LogP contribution >= 0.6 is 22.9 Å². The number of hydrogen-bond acceptors (Lipinski definition) is 7. The number of benzene rings is 1. The number of aromatic nitrogens is 2. The van der Waals surface area contributed by atoms with E-state index in [1.807, 2.05) is 6.20 Å². The third-order valence-electron chi connectivity index (χ3n) is 9.25. The molecule has 0 radical (unpaired) electrons. The molecule has 3 aliphatic rings. The fourth-order valence-electron chi connectivity index (χ4n) is 7.69. The van der Waals surface area contributed by atoms with Crippen molar-refractivity contribution in [1.82, 2.24) is 23.3 Å². The van der Waals surface area contributed by atoms with Gasteiger partial charge in [0.25, 0.3) is 0 Å². The molecule has 0 spiro atoms. The summed E-state index contributed by atoms with van der Waals surface area (Å²) in [6, 6.07) is 11.4. The Labute approximate surface area is 264 Å². The first kappa shape index (κ1) is 30.3. The predicted molar refractivity (Wildman–Crippen MR) is 179 cm³/mol. The van der Waals surface area contributed by atoms with E-state index in [2.05, 4.69) is 110 Å². The fraction of sp³-hybridized carbons (Fsp3) is 0.606. The lowest BCUT2D eigenvalue weighted by Gasteiger charge is -2.46. The highest BCUT2D eigenvalue weighted by Gasteiger charge is 2.37. The molecule has 3 N–H and O–H groups in total. The van der Waals surface area contributed by atoms with Crippen molar-refractivity contribution in [2.45, 2.75) is 76.7 Å². The molecule has 2 aromatic heterocycles. The normalized spacial score (nSPS) is 23.0. The van der Waals surface area contributed by atoms with Crippen LogP contribution in [0.3, 0.4) is 0 Å². The molecule has 3 aliphatic heterocycles. The van der Waals surface area contributed by atoms with E-state index < -0.39 is 6.23 Å². The Morgan fingerprint density at radius 1 is 1.02 bits per heavy atom. The van der Waals surface area contributed by atoms with Gasteiger partial charge in [-0.2, -0.15) is 0 Å². The number of rotatable bonds is 7. The molecule has 5 heterocycles. The average Bonchev–Trinajstić information content (AvgIpc) is 3.39. The molecule has 0 bridgehead atoms. The lowest BCUT2D eigenvalue weighted by Crippen LogP contribution is -2.58. The van der Waals surface area contributed by atoms with E-state index in [1.54, 1.807) is 0 Å². The summed E-state index contributed by atoms with van der Waals surface area (Å²) in [5.41, 5.74) is 4.42. The molecule has 0 saturated carbocycles. The van der Waals surface area contributed by atoms with E-state index in [1.165, 1.54) is 5.52 Å². The Hall–Kier alpha value is -1.76. The maximum absolute atomic E-state index is 11.7.